The van der Waals surface area contributed by atoms with E-state index < -0.39 is 5.41 Å². The molecule has 0 spiro atoms. The molecule has 0 N–H and O–H groups in total. The molecule has 0 aromatic heterocycles. The number of nitriles is 1. The second-order valence-electron chi connectivity index (χ2n) is 5.30. The van der Waals surface area contributed by atoms with Gasteiger partial charge in [0, 0.05) is 6.42 Å². The van der Waals surface area contributed by atoms with Gasteiger partial charge in [-0.05, 0) is 36.0 Å². The van der Waals surface area contributed by atoms with E-state index in [9.17, 15) is 9.18 Å². The van der Waals surface area contributed by atoms with Crippen molar-refractivity contribution in [3.8, 4) is 6.07 Å². The summed E-state index contributed by atoms with van der Waals surface area (Å²) < 4.78 is 13.5. The van der Waals surface area contributed by atoms with E-state index in [0.717, 1.165) is 5.56 Å². The first-order valence-corrected chi connectivity index (χ1v) is 6.21. The van der Waals surface area contributed by atoms with Crippen LogP contribution in [0, 0.1) is 22.6 Å². The van der Waals surface area contributed by atoms with E-state index in [0.29, 0.717) is 18.4 Å². The lowest BCUT2D eigenvalue weighted by Gasteiger charge is -2.10. The molecule has 1 aliphatic rings. The summed E-state index contributed by atoms with van der Waals surface area (Å²) in [6, 6.07) is 6.88. The largest absolute Gasteiger partial charge is 0.298 e. The summed E-state index contributed by atoms with van der Waals surface area (Å²) >= 11 is 0. The normalized spacial score (nSPS) is 16.4. The number of carbonyl (C=O) groups excluding carboxylic acids is 1. The quantitative estimate of drug-likeness (QED) is 0.816. The molecule has 3 heteroatoms. The third kappa shape index (κ3) is 2.28. The minimum atomic E-state index is -0.744. The molecule has 2 nitrogen and oxygen atoms in total. The summed E-state index contributed by atoms with van der Waals surface area (Å²) in [6.07, 6.45) is 1.56. The molecule has 0 atom stereocenters. The maximum Gasteiger partial charge on any atom is 0.157 e. The lowest BCUT2D eigenvalue weighted by Crippen LogP contribution is -2.16. The molecule has 1 saturated carbocycles. The molecular formula is C15H16FNO. The summed E-state index contributed by atoms with van der Waals surface area (Å²) in [5, 5.41) is 8.96. The van der Waals surface area contributed by atoms with Gasteiger partial charge >= 0.3 is 0 Å². The van der Waals surface area contributed by atoms with Crippen LogP contribution in [0.2, 0.25) is 0 Å². The third-order valence-corrected chi connectivity index (χ3v) is 3.54. The standard InChI is InChI=1S/C15H16FNO/c1-10(2)12-7-11(3-4-13(12)16)8-14(18)15(9-17)5-6-15/h3-4,7,10H,5-6,8H2,1-2H3. The molecule has 94 valence electrons. The molecule has 2 rings (SSSR count). The molecule has 18 heavy (non-hydrogen) atoms. The zero-order valence-corrected chi connectivity index (χ0v) is 10.7. The fourth-order valence-corrected chi connectivity index (χ4v) is 2.08. The average Bonchev–Trinajstić information content (AvgIpc) is 3.12. The first-order valence-electron chi connectivity index (χ1n) is 6.21. The van der Waals surface area contributed by atoms with Crippen LogP contribution in [-0.4, -0.2) is 5.78 Å². The molecule has 0 aliphatic heterocycles. The topological polar surface area (TPSA) is 40.9 Å². The highest BCUT2D eigenvalue weighted by Gasteiger charge is 2.49. The molecule has 1 aliphatic carbocycles. The molecule has 0 unspecified atom stereocenters. The fraction of sp³-hybridized carbons (Fsp3) is 0.467. The summed E-state index contributed by atoms with van der Waals surface area (Å²) in [4.78, 5) is 12.0. The van der Waals surface area contributed by atoms with Gasteiger partial charge in [0.15, 0.2) is 5.78 Å². The highest BCUT2D eigenvalue weighted by Crippen LogP contribution is 2.46. The smallest absolute Gasteiger partial charge is 0.157 e. The first kappa shape index (κ1) is 12.8. The van der Waals surface area contributed by atoms with Crippen molar-refractivity contribution in [2.24, 2.45) is 5.41 Å². The molecular weight excluding hydrogens is 229 g/mol. The zero-order valence-electron chi connectivity index (χ0n) is 10.7. The van der Waals surface area contributed by atoms with Crippen molar-refractivity contribution in [3.63, 3.8) is 0 Å². The number of nitrogens with zero attached hydrogens (tertiary/aromatic N) is 1. The number of ketones is 1. The van der Waals surface area contributed by atoms with Crippen molar-refractivity contribution in [2.45, 2.75) is 39.0 Å². The van der Waals surface area contributed by atoms with Gasteiger partial charge in [-0.1, -0.05) is 26.0 Å². The van der Waals surface area contributed by atoms with Crippen molar-refractivity contribution in [2.75, 3.05) is 0 Å². The monoisotopic (exact) mass is 245 g/mol. The Morgan fingerprint density at radius 3 is 2.67 bits per heavy atom. The van der Waals surface area contributed by atoms with Gasteiger partial charge in [-0.25, -0.2) is 4.39 Å². The minimum absolute atomic E-state index is 0.0358. The van der Waals surface area contributed by atoms with Crippen LogP contribution in [0.5, 0.6) is 0 Å². The Morgan fingerprint density at radius 2 is 2.17 bits per heavy atom. The SMILES string of the molecule is CC(C)c1cc(CC(=O)C2(C#N)CC2)ccc1F. The van der Waals surface area contributed by atoms with Crippen LogP contribution in [0.15, 0.2) is 18.2 Å². The highest BCUT2D eigenvalue weighted by molar-refractivity contribution is 5.91. The minimum Gasteiger partial charge on any atom is -0.298 e. The lowest BCUT2D eigenvalue weighted by atomic mass is 9.93. The Labute approximate surface area is 106 Å². The first-order chi connectivity index (χ1) is 8.48. The van der Waals surface area contributed by atoms with Crippen molar-refractivity contribution < 1.29 is 9.18 Å². The van der Waals surface area contributed by atoms with Crippen LogP contribution >= 0.6 is 0 Å². The summed E-state index contributed by atoms with van der Waals surface area (Å²) in [6.45, 7) is 3.84. The molecule has 0 amide bonds. The Hall–Kier alpha value is -1.69. The van der Waals surface area contributed by atoms with Gasteiger partial charge in [0.1, 0.15) is 11.2 Å². The van der Waals surface area contributed by atoms with E-state index >= 15 is 0 Å². The van der Waals surface area contributed by atoms with Crippen LogP contribution in [0.3, 0.4) is 0 Å². The molecule has 0 radical (unpaired) electrons. The van der Waals surface area contributed by atoms with E-state index in [2.05, 4.69) is 6.07 Å². The van der Waals surface area contributed by atoms with Crippen molar-refractivity contribution in [3.05, 3.63) is 35.1 Å². The fourth-order valence-electron chi connectivity index (χ4n) is 2.08. The maximum atomic E-state index is 13.5. The van der Waals surface area contributed by atoms with Crippen molar-refractivity contribution in [1.82, 2.24) is 0 Å². The van der Waals surface area contributed by atoms with Crippen LogP contribution in [0.4, 0.5) is 4.39 Å². The second kappa shape index (κ2) is 4.53. The van der Waals surface area contributed by atoms with Gasteiger partial charge in [0.25, 0.3) is 0 Å². The lowest BCUT2D eigenvalue weighted by molar-refractivity contribution is -0.121. The Morgan fingerprint density at radius 1 is 1.50 bits per heavy atom. The number of benzene rings is 1. The van der Waals surface area contributed by atoms with Crippen LogP contribution in [0.1, 0.15) is 43.7 Å². The molecule has 0 heterocycles. The molecule has 1 fully saturated rings. The number of Topliss-reactive ketones (excluding diaryl/α,β-unsaturated/α-hetero) is 1. The van der Waals surface area contributed by atoms with Crippen molar-refractivity contribution in [1.29, 1.82) is 5.26 Å². The highest BCUT2D eigenvalue weighted by atomic mass is 19.1. The molecule has 0 saturated heterocycles. The van der Waals surface area contributed by atoms with Crippen LogP contribution < -0.4 is 0 Å². The van der Waals surface area contributed by atoms with Crippen molar-refractivity contribution >= 4 is 5.78 Å². The van der Waals surface area contributed by atoms with E-state index in [4.69, 9.17) is 5.26 Å². The maximum absolute atomic E-state index is 13.5. The van der Waals surface area contributed by atoms with Gasteiger partial charge in [0.05, 0.1) is 6.07 Å². The Balaban J connectivity index is 2.18. The van der Waals surface area contributed by atoms with Gasteiger partial charge < -0.3 is 0 Å². The Bertz CT molecular complexity index is 524. The van der Waals surface area contributed by atoms with Gasteiger partial charge in [-0.2, -0.15) is 5.26 Å². The van der Waals surface area contributed by atoms with Crippen LogP contribution in [-0.2, 0) is 11.2 Å². The summed E-state index contributed by atoms with van der Waals surface area (Å²) in [5.41, 5.74) is 0.681. The van der Waals surface area contributed by atoms with Gasteiger partial charge in [-0.15, -0.1) is 0 Å². The summed E-state index contributed by atoms with van der Waals surface area (Å²) in [7, 11) is 0. The number of hydrogen-bond acceptors (Lipinski definition) is 2. The number of rotatable bonds is 4. The van der Waals surface area contributed by atoms with E-state index in [1.54, 1.807) is 12.1 Å². The average molecular weight is 245 g/mol. The van der Waals surface area contributed by atoms with Gasteiger partial charge in [-0.3, -0.25) is 4.79 Å². The summed E-state index contributed by atoms with van der Waals surface area (Å²) in [5.74, 6) is -0.181. The van der Waals surface area contributed by atoms with Gasteiger partial charge in [0.2, 0.25) is 0 Å². The second-order valence-corrected chi connectivity index (χ2v) is 5.30. The number of hydrogen-bond donors (Lipinski definition) is 0. The molecule has 1 aromatic carbocycles. The Kier molecular flexibility index (Phi) is 3.21. The predicted molar refractivity (Wildman–Crippen MR) is 66.5 cm³/mol. The molecule has 0 bridgehead atoms. The van der Waals surface area contributed by atoms with E-state index in [1.807, 2.05) is 13.8 Å². The number of carbonyl (C=O) groups is 1. The van der Waals surface area contributed by atoms with E-state index in [1.165, 1.54) is 6.07 Å². The zero-order chi connectivity index (χ0) is 13.3. The van der Waals surface area contributed by atoms with E-state index in [-0.39, 0.29) is 23.9 Å². The van der Waals surface area contributed by atoms with Crippen LogP contribution in [0.25, 0.3) is 0 Å². The third-order valence-electron chi connectivity index (χ3n) is 3.54. The number of halogens is 1. The molecule has 1 aromatic rings. The predicted octanol–water partition coefficient (Wildman–Crippen LogP) is 3.36.